The fourth-order valence-corrected chi connectivity index (χ4v) is 6.03. The van der Waals surface area contributed by atoms with Gasteiger partial charge in [0.15, 0.2) is 5.03 Å². The molecule has 1 aliphatic carbocycles. The van der Waals surface area contributed by atoms with E-state index in [1.165, 1.54) is 24.6 Å². The first-order valence-corrected chi connectivity index (χ1v) is 13.9. The van der Waals surface area contributed by atoms with E-state index in [1.807, 2.05) is 19.9 Å². The number of hydrogen-bond donors (Lipinski definition) is 2. The van der Waals surface area contributed by atoms with Crippen LogP contribution in [-0.4, -0.2) is 48.5 Å². The first-order chi connectivity index (χ1) is 17.7. The molecule has 194 valence electrons. The Morgan fingerprint density at radius 3 is 2.49 bits per heavy atom. The fraction of sp³-hybridized carbons (Fsp3) is 0.385. The van der Waals surface area contributed by atoms with Gasteiger partial charge in [0.05, 0.1) is 17.4 Å². The SMILES string of the molecule is CC(C)Oc1ccc(-c2ccc(C(=O)NS(=O)(=O)c3cccc(N)n3)c(N3CC4CCCC4C3)n2)cn1. The van der Waals surface area contributed by atoms with Crippen molar-refractivity contribution < 1.29 is 17.9 Å². The van der Waals surface area contributed by atoms with E-state index in [0.717, 1.165) is 31.5 Å². The molecule has 1 saturated heterocycles. The molecular formula is C26H30N6O4S. The quantitative estimate of drug-likeness (QED) is 0.478. The molecule has 11 heteroatoms. The lowest BCUT2D eigenvalue weighted by atomic mass is 10.0. The molecule has 2 unspecified atom stereocenters. The molecule has 0 radical (unpaired) electrons. The van der Waals surface area contributed by atoms with Crippen molar-refractivity contribution in [3.8, 4) is 17.1 Å². The van der Waals surface area contributed by atoms with E-state index in [9.17, 15) is 13.2 Å². The molecule has 1 amide bonds. The number of nitrogen functional groups attached to an aromatic ring is 1. The van der Waals surface area contributed by atoms with Crippen LogP contribution in [0.5, 0.6) is 5.88 Å². The highest BCUT2D eigenvalue weighted by Gasteiger charge is 2.38. The summed E-state index contributed by atoms with van der Waals surface area (Å²) in [6.07, 6.45) is 5.21. The van der Waals surface area contributed by atoms with Crippen molar-refractivity contribution in [2.75, 3.05) is 23.7 Å². The zero-order valence-electron chi connectivity index (χ0n) is 20.8. The summed E-state index contributed by atoms with van der Waals surface area (Å²) in [6.45, 7) is 5.43. The summed E-state index contributed by atoms with van der Waals surface area (Å²) in [5.74, 6) is 1.36. The highest BCUT2D eigenvalue weighted by Crippen LogP contribution is 2.40. The number of hydrogen-bond acceptors (Lipinski definition) is 9. The summed E-state index contributed by atoms with van der Waals surface area (Å²) in [4.78, 5) is 28.4. The van der Waals surface area contributed by atoms with Gasteiger partial charge >= 0.3 is 0 Å². The number of rotatable bonds is 7. The minimum Gasteiger partial charge on any atom is -0.475 e. The largest absolute Gasteiger partial charge is 0.475 e. The first-order valence-electron chi connectivity index (χ1n) is 12.4. The van der Waals surface area contributed by atoms with Gasteiger partial charge in [0.1, 0.15) is 11.6 Å². The Hall–Kier alpha value is -3.73. The molecule has 3 aromatic rings. The molecule has 3 aromatic heterocycles. The number of fused-ring (bicyclic) bond motifs is 1. The van der Waals surface area contributed by atoms with Crippen molar-refractivity contribution in [2.45, 2.75) is 44.2 Å². The van der Waals surface area contributed by atoms with Crippen molar-refractivity contribution in [1.82, 2.24) is 19.7 Å². The maximum absolute atomic E-state index is 13.3. The number of ether oxygens (including phenoxy) is 1. The Labute approximate surface area is 216 Å². The van der Waals surface area contributed by atoms with E-state index in [-0.39, 0.29) is 22.5 Å². The Kier molecular flexibility index (Phi) is 6.72. The number of amides is 1. The van der Waals surface area contributed by atoms with Crippen molar-refractivity contribution in [2.24, 2.45) is 11.8 Å². The molecule has 2 atom stereocenters. The van der Waals surface area contributed by atoms with E-state index in [0.29, 0.717) is 29.2 Å². The van der Waals surface area contributed by atoms with Crippen molar-refractivity contribution in [1.29, 1.82) is 0 Å². The maximum atomic E-state index is 13.3. The molecular weight excluding hydrogens is 492 g/mol. The van der Waals surface area contributed by atoms with Crippen LogP contribution in [0.4, 0.5) is 11.6 Å². The molecule has 3 N–H and O–H groups in total. The zero-order chi connectivity index (χ0) is 26.2. The van der Waals surface area contributed by atoms with Crippen LogP contribution in [0.25, 0.3) is 11.3 Å². The second-order valence-corrected chi connectivity index (χ2v) is 11.4. The zero-order valence-corrected chi connectivity index (χ0v) is 21.6. The third kappa shape index (κ3) is 5.36. The van der Waals surface area contributed by atoms with Crippen LogP contribution in [0.1, 0.15) is 43.5 Å². The number of pyridine rings is 3. The first kappa shape index (κ1) is 24.9. The van der Waals surface area contributed by atoms with Crippen LogP contribution >= 0.6 is 0 Å². The molecule has 5 rings (SSSR count). The lowest BCUT2D eigenvalue weighted by Crippen LogP contribution is -2.33. The minimum absolute atomic E-state index is 0.00861. The Morgan fingerprint density at radius 2 is 1.84 bits per heavy atom. The average Bonchev–Trinajstić information content (AvgIpc) is 3.46. The third-order valence-corrected chi connectivity index (χ3v) is 8.01. The topological polar surface area (TPSA) is 140 Å². The van der Waals surface area contributed by atoms with Crippen molar-refractivity contribution >= 4 is 27.6 Å². The molecule has 37 heavy (non-hydrogen) atoms. The van der Waals surface area contributed by atoms with Gasteiger partial charge in [-0.25, -0.2) is 19.7 Å². The molecule has 2 fully saturated rings. The van der Waals surface area contributed by atoms with Gasteiger partial charge in [0.2, 0.25) is 5.88 Å². The normalized spacial score (nSPS) is 19.2. The summed E-state index contributed by atoms with van der Waals surface area (Å²) >= 11 is 0. The second-order valence-electron chi connectivity index (χ2n) is 9.81. The monoisotopic (exact) mass is 522 g/mol. The minimum atomic E-state index is -4.22. The predicted molar refractivity (Wildman–Crippen MR) is 140 cm³/mol. The molecule has 2 aliphatic rings. The molecule has 0 bridgehead atoms. The summed E-state index contributed by atoms with van der Waals surface area (Å²) in [5, 5.41) is -0.322. The number of nitrogens with two attached hydrogens (primary N) is 1. The average molecular weight is 523 g/mol. The van der Waals surface area contributed by atoms with Gasteiger partial charge in [-0.05, 0) is 68.9 Å². The molecule has 1 aliphatic heterocycles. The van der Waals surface area contributed by atoms with Gasteiger partial charge in [-0.3, -0.25) is 4.79 Å². The Morgan fingerprint density at radius 1 is 1.08 bits per heavy atom. The third-order valence-electron chi connectivity index (χ3n) is 6.78. The van der Waals surface area contributed by atoms with Gasteiger partial charge in [-0.2, -0.15) is 8.42 Å². The van der Waals surface area contributed by atoms with Gasteiger partial charge in [-0.1, -0.05) is 12.5 Å². The van der Waals surface area contributed by atoms with Gasteiger partial charge in [0.25, 0.3) is 15.9 Å². The second kappa shape index (κ2) is 9.97. The number of carbonyl (C=O) groups excluding carboxylic acids is 1. The number of nitrogens with zero attached hydrogens (tertiary/aromatic N) is 4. The van der Waals surface area contributed by atoms with Crippen molar-refractivity contribution in [3.63, 3.8) is 0 Å². The molecule has 1 saturated carbocycles. The molecule has 0 spiro atoms. The Balaban J connectivity index is 1.47. The predicted octanol–water partition coefficient (Wildman–Crippen LogP) is 3.26. The molecule has 0 aromatic carbocycles. The van der Waals surface area contributed by atoms with E-state index in [1.54, 1.807) is 24.4 Å². The number of aromatic nitrogens is 3. The van der Waals surface area contributed by atoms with Crippen LogP contribution in [0.15, 0.2) is 53.7 Å². The van der Waals surface area contributed by atoms with Gasteiger partial charge in [-0.15, -0.1) is 0 Å². The lowest BCUT2D eigenvalue weighted by Gasteiger charge is -2.22. The summed E-state index contributed by atoms with van der Waals surface area (Å²) in [6, 6.07) is 11.2. The number of carbonyl (C=O) groups is 1. The molecule has 4 heterocycles. The van der Waals surface area contributed by atoms with Crippen LogP contribution in [0, 0.1) is 11.8 Å². The van der Waals surface area contributed by atoms with E-state index in [4.69, 9.17) is 15.5 Å². The standard InChI is InChI=1S/C26H30N6O4S/c1-16(2)36-23-12-9-17(13-28-23)21-11-10-20(25(29-21)32-14-18-5-3-6-19(18)15-32)26(33)31-37(34,35)24-8-4-7-22(27)30-24/h4,7-13,16,18-19H,3,5-6,14-15H2,1-2H3,(H2,27,30)(H,31,33). The highest BCUT2D eigenvalue weighted by molar-refractivity contribution is 7.90. The van der Waals surface area contributed by atoms with Gasteiger partial charge in [0, 0.05) is 30.9 Å². The summed E-state index contributed by atoms with van der Waals surface area (Å²) in [7, 11) is -4.22. The smallest absolute Gasteiger partial charge is 0.281 e. The van der Waals surface area contributed by atoms with Crippen LogP contribution in [0.3, 0.4) is 0 Å². The maximum Gasteiger partial charge on any atom is 0.281 e. The van der Waals surface area contributed by atoms with Crippen LogP contribution < -0.4 is 20.1 Å². The van der Waals surface area contributed by atoms with E-state index in [2.05, 4.69) is 19.6 Å². The van der Waals surface area contributed by atoms with Crippen molar-refractivity contribution in [3.05, 3.63) is 54.2 Å². The number of sulfonamides is 1. The molecule has 10 nitrogen and oxygen atoms in total. The number of nitrogens with one attached hydrogen (secondary N) is 1. The Bertz CT molecular complexity index is 1400. The fourth-order valence-electron chi connectivity index (χ4n) is 5.09. The number of anilines is 2. The van der Waals surface area contributed by atoms with Crippen LogP contribution in [0.2, 0.25) is 0 Å². The van der Waals surface area contributed by atoms with Gasteiger partial charge < -0.3 is 15.4 Å². The summed E-state index contributed by atoms with van der Waals surface area (Å²) in [5.41, 5.74) is 7.22. The van der Waals surface area contributed by atoms with E-state index >= 15 is 0 Å². The summed E-state index contributed by atoms with van der Waals surface area (Å²) < 4.78 is 33.5. The highest BCUT2D eigenvalue weighted by atomic mass is 32.2. The lowest BCUT2D eigenvalue weighted by molar-refractivity contribution is 0.0981. The van der Waals surface area contributed by atoms with Crippen LogP contribution in [-0.2, 0) is 10.0 Å². The van der Waals surface area contributed by atoms with E-state index < -0.39 is 15.9 Å².